The summed E-state index contributed by atoms with van der Waals surface area (Å²) in [7, 11) is 0. The van der Waals surface area contributed by atoms with Crippen molar-refractivity contribution in [1.29, 1.82) is 0 Å². The van der Waals surface area contributed by atoms with Gasteiger partial charge in [0.05, 0.1) is 22.1 Å². The third-order valence-corrected chi connectivity index (χ3v) is 6.61. The van der Waals surface area contributed by atoms with E-state index >= 15 is 0 Å². The van der Waals surface area contributed by atoms with Gasteiger partial charge in [-0.15, -0.1) is 0 Å². The van der Waals surface area contributed by atoms with Crippen molar-refractivity contribution in [2.75, 3.05) is 0 Å². The fraction of sp³-hybridized carbons (Fsp3) is 0.600. The van der Waals surface area contributed by atoms with E-state index in [-0.39, 0.29) is 27.8 Å². The highest BCUT2D eigenvalue weighted by Gasteiger charge is 2.62. The molecule has 138 valence electrons. The van der Waals surface area contributed by atoms with Gasteiger partial charge in [-0.1, -0.05) is 26.0 Å². The summed E-state index contributed by atoms with van der Waals surface area (Å²) in [6.07, 6.45) is 7.86. The molecule has 5 rings (SSSR count). The number of nitrogens with one attached hydrogen (secondary N) is 1. The van der Waals surface area contributed by atoms with Gasteiger partial charge in [0, 0.05) is 6.07 Å². The molecule has 0 saturated heterocycles. The van der Waals surface area contributed by atoms with Gasteiger partial charge in [-0.05, 0) is 61.3 Å². The lowest BCUT2D eigenvalue weighted by molar-refractivity contribution is -0.385. The molecule has 4 fully saturated rings. The number of hydrogen-bond donors (Lipinski definition) is 1. The van der Waals surface area contributed by atoms with E-state index in [4.69, 9.17) is 0 Å². The lowest BCUT2D eigenvalue weighted by atomic mass is 9.40. The van der Waals surface area contributed by atoms with Crippen LogP contribution in [0.2, 0.25) is 0 Å². The molecule has 4 saturated carbocycles. The van der Waals surface area contributed by atoms with E-state index in [2.05, 4.69) is 24.4 Å². The number of para-hydroxylation sites is 1. The average molecular weight is 355 g/mol. The predicted molar refractivity (Wildman–Crippen MR) is 98.7 cm³/mol. The molecule has 1 aromatic carbocycles. The molecule has 0 radical (unpaired) electrons. The molecule has 0 spiro atoms. The zero-order valence-electron chi connectivity index (χ0n) is 15.3. The number of rotatable bonds is 4. The predicted octanol–water partition coefficient (Wildman–Crippen LogP) is 4.04. The second-order valence-corrected chi connectivity index (χ2v) is 9.43. The second kappa shape index (κ2) is 5.63. The molecule has 0 aromatic heterocycles. The van der Waals surface area contributed by atoms with E-state index in [1.807, 2.05) is 0 Å². The Morgan fingerprint density at radius 3 is 2.46 bits per heavy atom. The van der Waals surface area contributed by atoms with Gasteiger partial charge < -0.3 is 0 Å². The SMILES string of the molecule is C[C@]12CC3CC(C(=O)N/N=C\c4ccccc4[N+](=O)[O-])(C1)C[C@@](C)(C3)C2. The molecule has 2 unspecified atom stereocenters. The van der Waals surface area contributed by atoms with Crippen LogP contribution >= 0.6 is 0 Å². The van der Waals surface area contributed by atoms with Crippen molar-refractivity contribution in [3.63, 3.8) is 0 Å². The number of carbonyl (C=O) groups is 1. The van der Waals surface area contributed by atoms with Crippen molar-refractivity contribution in [3.05, 3.63) is 39.9 Å². The van der Waals surface area contributed by atoms with Crippen molar-refractivity contribution in [2.45, 2.75) is 52.4 Å². The molecule has 4 aliphatic rings. The number of benzene rings is 1. The van der Waals surface area contributed by atoms with Crippen LogP contribution in [0.4, 0.5) is 5.69 Å². The van der Waals surface area contributed by atoms with Crippen LogP contribution in [0.25, 0.3) is 0 Å². The zero-order valence-corrected chi connectivity index (χ0v) is 15.3. The first-order chi connectivity index (χ1) is 12.2. The Bertz CT molecular complexity index is 785. The van der Waals surface area contributed by atoms with Crippen LogP contribution in [0.1, 0.15) is 57.9 Å². The van der Waals surface area contributed by atoms with Gasteiger partial charge in [-0.2, -0.15) is 5.10 Å². The van der Waals surface area contributed by atoms with Crippen LogP contribution in [0.3, 0.4) is 0 Å². The summed E-state index contributed by atoms with van der Waals surface area (Å²) < 4.78 is 0. The maximum Gasteiger partial charge on any atom is 0.278 e. The Kier molecular flexibility index (Phi) is 3.72. The average Bonchev–Trinajstić information content (AvgIpc) is 2.51. The number of amides is 1. The summed E-state index contributed by atoms with van der Waals surface area (Å²) >= 11 is 0. The normalized spacial score (nSPS) is 37.8. The fourth-order valence-corrected chi connectivity index (χ4v) is 6.74. The smallest absolute Gasteiger partial charge is 0.273 e. The summed E-state index contributed by atoms with van der Waals surface area (Å²) in [6, 6.07) is 6.40. The van der Waals surface area contributed by atoms with Crippen molar-refractivity contribution >= 4 is 17.8 Å². The number of carbonyl (C=O) groups excluding carboxylic acids is 1. The van der Waals surface area contributed by atoms with E-state index in [1.54, 1.807) is 18.2 Å². The molecule has 6 nitrogen and oxygen atoms in total. The lowest BCUT2D eigenvalue weighted by Gasteiger charge is -2.64. The van der Waals surface area contributed by atoms with E-state index < -0.39 is 4.92 Å². The van der Waals surface area contributed by atoms with Crippen molar-refractivity contribution < 1.29 is 9.72 Å². The number of hydrogen-bond acceptors (Lipinski definition) is 4. The summed E-state index contributed by atoms with van der Waals surface area (Å²) in [5.41, 5.74) is 3.26. The summed E-state index contributed by atoms with van der Waals surface area (Å²) in [6.45, 7) is 4.66. The molecular weight excluding hydrogens is 330 g/mol. The number of nitro benzene ring substituents is 1. The lowest BCUT2D eigenvalue weighted by Crippen LogP contribution is -2.59. The van der Waals surface area contributed by atoms with Crippen LogP contribution in [-0.4, -0.2) is 17.0 Å². The molecule has 4 bridgehead atoms. The standard InChI is InChI=1S/C20H25N3O3/c1-18-7-14-8-19(2,11-18)13-20(9-14,12-18)17(24)22-21-10-15-5-3-4-6-16(15)23(25)26/h3-6,10,14H,7-9,11-13H2,1-2H3,(H,22,24)/b21-10-/t14?,18-,19+,20?. The summed E-state index contributed by atoms with van der Waals surface area (Å²) in [5.74, 6) is 0.611. The maximum atomic E-state index is 13.0. The fourth-order valence-electron chi connectivity index (χ4n) is 6.74. The quantitative estimate of drug-likeness (QED) is 0.502. The molecule has 0 heterocycles. The minimum absolute atomic E-state index is 0.0136. The Morgan fingerprint density at radius 1 is 1.19 bits per heavy atom. The second-order valence-electron chi connectivity index (χ2n) is 9.43. The van der Waals surface area contributed by atoms with E-state index in [1.165, 1.54) is 31.5 Å². The van der Waals surface area contributed by atoms with E-state index in [9.17, 15) is 14.9 Å². The highest BCUT2D eigenvalue weighted by atomic mass is 16.6. The van der Waals surface area contributed by atoms with Crippen LogP contribution < -0.4 is 5.43 Å². The van der Waals surface area contributed by atoms with Crippen LogP contribution in [0.15, 0.2) is 29.4 Å². The van der Waals surface area contributed by atoms with Gasteiger partial charge in [0.1, 0.15) is 0 Å². The molecule has 1 amide bonds. The first-order valence-corrected chi connectivity index (χ1v) is 9.30. The van der Waals surface area contributed by atoms with Gasteiger partial charge in [-0.3, -0.25) is 14.9 Å². The van der Waals surface area contributed by atoms with Crippen molar-refractivity contribution in [3.8, 4) is 0 Å². The van der Waals surface area contributed by atoms with Crippen LogP contribution in [-0.2, 0) is 4.79 Å². The third-order valence-electron chi connectivity index (χ3n) is 6.61. The molecule has 1 N–H and O–H groups in total. The van der Waals surface area contributed by atoms with E-state index in [0.29, 0.717) is 11.5 Å². The Labute approximate surface area is 153 Å². The number of hydrazone groups is 1. The van der Waals surface area contributed by atoms with Gasteiger partial charge >= 0.3 is 0 Å². The number of nitrogens with zero attached hydrogens (tertiary/aromatic N) is 2. The molecule has 4 atom stereocenters. The van der Waals surface area contributed by atoms with Gasteiger partial charge in [0.25, 0.3) is 5.69 Å². The molecular formula is C20H25N3O3. The van der Waals surface area contributed by atoms with Crippen molar-refractivity contribution in [1.82, 2.24) is 5.43 Å². The molecule has 4 aliphatic carbocycles. The van der Waals surface area contributed by atoms with Crippen LogP contribution in [0, 0.1) is 32.3 Å². The Hall–Kier alpha value is -2.24. The molecule has 26 heavy (non-hydrogen) atoms. The zero-order chi connectivity index (χ0) is 18.6. The topological polar surface area (TPSA) is 84.6 Å². The highest BCUT2D eigenvalue weighted by Crippen LogP contribution is 2.69. The molecule has 1 aromatic rings. The van der Waals surface area contributed by atoms with Crippen LogP contribution in [0.5, 0.6) is 0 Å². The van der Waals surface area contributed by atoms with E-state index in [0.717, 1.165) is 19.3 Å². The first-order valence-electron chi connectivity index (χ1n) is 9.30. The maximum absolute atomic E-state index is 13.0. The minimum Gasteiger partial charge on any atom is -0.273 e. The Morgan fingerprint density at radius 2 is 1.85 bits per heavy atom. The van der Waals surface area contributed by atoms with Gasteiger partial charge in [0.2, 0.25) is 5.91 Å². The summed E-state index contributed by atoms with van der Waals surface area (Å²) in [5, 5.41) is 15.1. The summed E-state index contributed by atoms with van der Waals surface area (Å²) in [4.78, 5) is 23.7. The largest absolute Gasteiger partial charge is 0.278 e. The Balaban J connectivity index is 1.52. The minimum atomic E-state index is -0.441. The molecule has 6 heteroatoms. The van der Waals surface area contributed by atoms with Crippen molar-refractivity contribution in [2.24, 2.45) is 27.3 Å². The van der Waals surface area contributed by atoms with Gasteiger partial charge in [-0.25, -0.2) is 5.43 Å². The number of nitro groups is 1. The first kappa shape index (κ1) is 17.2. The molecule has 0 aliphatic heterocycles. The monoisotopic (exact) mass is 355 g/mol. The van der Waals surface area contributed by atoms with Gasteiger partial charge in [0.15, 0.2) is 0 Å². The highest BCUT2D eigenvalue weighted by molar-refractivity contribution is 5.88. The third kappa shape index (κ3) is 2.81.